The van der Waals surface area contributed by atoms with Crippen molar-refractivity contribution in [1.82, 2.24) is 20.1 Å². The first kappa shape index (κ1) is 17.6. The molecule has 2 N–H and O–H groups in total. The Balaban J connectivity index is 1.61. The highest BCUT2D eigenvalue weighted by Crippen LogP contribution is 2.20. The molecule has 0 bridgehead atoms. The van der Waals surface area contributed by atoms with Crippen molar-refractivity contribution in [3.63, 3.8) is 0 Å². The summed E-state index contributed by atoms with van der Waals surface area (Å²) < 4.78 is 2.20. The van der Waals surface area contributed by atoms with Gasteiger partial charge in [0.2, 0.25) is 5.91 Å². The largest absolute Gasteiger partial charge is 0.354 e. The number of hydrogen-bond donors (Lipinski definition) is 2. The molecule has 1 aliphatic carbocycles. The van der Waals surface area contributed by atoms with E-state index < -0.39 is 0 Å². The molecule has 5 nitrogen and oxygen atoms in total. The lowest BCUT2D eigenvalue weighted by atomic mass is 9.97. The number of allylic oxidation sites excluding steroid dienone is 1. The van der Waals surface area contributed by atoms with Crippen LogP contribution >= 0.6 is 12.2 Å². The molecule has 0 fully saturated rings. The number of aromatic nitrogens is 3. The first-order chi connectivity index (χ1) is 12.1. The summed E-state index contributed by atoms with van der Waals surface area (Å²) in [6.45, 7) is 2.89. The van der Waals surface area contributed by atoms with Crippen molar-refractivity contribution in [3.05, 3.63) is 46.2 Å². The van der Waals surface area contributed by atoms with Crippen LogP contribution in [-0.2, 0) is 11.3 Å². The van der Waals surface area contributed by atoms with E-state index in [9.17, 15) is 4.79 Å². The van der Waals surface area contributed by atoms with Gasteiger partial charge in [-0.2, -0.15) is 5.10 Å². The molecule has 2 aromatic rings. The van der Waals surface area contributed by atoms with Crippen molar-refractivity contribution in [2.75, 3.05) is 6.54 Å². The van der Waals surface area contributed by atoms with Crippen molar-refractivity contribution >= 4 is 18.1 Å². The lowest BCUT2D eigenvalue weighted by Gasteiger charge is -2.13. The van der Waals surface area contributed by atoms with E-state index in [-0.39, 0.29) is 12.5 Å². The van der Waals surface area contributed by atoms with Gasteiger partial charge in [0.1, 0.15) is 6.54 Å². The Hall–Kier alpha value is -2.21. The van der Waals surface area contributed by atoms with Gasteiger partial charge in [-0.25, -0.2) is 0 Å². The Labute approximate surface area is 153 Å². The maximum Gasteiger partial charge on any atom is 0.240 e. The second-order valence-corrected chi connectivity index (χ2v) is 6.90. The molecule has 0 unspecified atom stereocenters. The third-order valence-electron chi connectivity index (χ3n) is 4.52. The van der Waals surface area contributed by atoms with Crippen LogP contribution in [0.25, 0.3) is 11.4 Å². The summed E-state index contributed by atoms with van der Waals surface area (Å²) in [5, 5.41) is 10.1. The minimum Gasteiger partial charge on any atom is -0.354 e. The van der Waals surface area contributed by atoms with E-state index in [2.05, 4.69) is 21.6 Å². The van der Waals surface area contributed by atoms with E-state index >= 15 is 0 Å². The van der Waals surface area contributed by atoms with Crippen LogP contribution in [0.3, 0.4) is 0 Å². The zero-order valence-electron chi connectivity index (χ0n) is 14.5. The van der Waals surface area contributed by atoms with Gasteiger partial charge in [0, 0.05) is 12.1 Å². The third-order valence-corrected chi connectivity index (χ3v) is 4.83. The molecule has 25 heavy (non-hydrogen) atoms. The van der Waals surface area contributed by atoms with Gasteiger partial charge in [0.05, 0.1) is 0 Å². The van der Waals surface area contributed by atoms with Crippen LogP contribution in [0.2, 0.25) is 0 Å². The molecule has 1 aromatic heterocycles. The van der Waals surface area contributed by atoms with E-state index in [0.717, 1.165) is 12.0 Å². The molecule has 0 saturated heterocycles. The zero-order valence-corrected chi connectivity index (χ0v) is 15.4. The molecule has 1 aromatic carbocycles. The van der Waals surface area contributed by atoms with Crippen LogP contribution in [0, 0.1) is 11.7 Å². The standard InChI is InChI=1S/C19H24N4OS/c1-14-7-9-16(10-8-14)18-21-22-19(25)23(18)13-17(24)20-12-11-15-5-3-2-4-6-15/h5,7-10H,2-4,6,11-13H2,1H3,(H,20,24)(H,22,25). The summed E-state index contributed by atoms with van der Waals surface area (Å²) >= 11 is 5.29. The number of benzene rings is 1. The smallest absolute Gasteiger partial charge is 0.240 e. The first-order valence-electron chi connectivity index (χ1n) is 8.80. The summed E-state index contributed by atoms with van der Waals surface area (Å²) in [7, 11) is 0. The topological polar surface area (TPSA) is 62.7 Å². The van der Waals surface area contributed by atoms with E-state index in [4.69, 9.17) is 12.2 Å². The highest BCUT2D eigenvalue weighted by atomic mass is 32.1. The van der Waals surface area contributed by atoms with Crippen molar-refractivity contribution in [2.45, 2.75) is 45.6 Å². The third kappa shape index (κ3) is 4.66. The molecule has 0 spiro atoms. The molecule has 1 heterocycles. The fourth-order valence-electron chi connectivity index (χ4n) is 3.08. The lowest BCUT2D eigenvalue weighted by molar-refractivity contribution is -0.121. The van der Waals surface area contributed by atoms with E-state index in [1.54, 1.807) is 4.57 Å². The van der Waals surface area contributed by atoms with Gasteiger partial charge in [-0.3, -0.25) is 14.5 Å². The Bertz CT molecular complexity index is 817. The number of amides is 1. The van der Waals surface area contributed by atoms with E-state index in [0.29, 0.717) is 17.1 Å². The van der Waals surface area contributed by atoms with Crippen LogP contribution in [-0.4, -0.2) is 27.2 Å². The minimum atomic E-state index is -0.0396. The Kier molecular flexibility index (Phi) is 5.81. The maximum absolute atomic E-state index is 12.3. The monoisotopic (exact) mass is 356 g/mol. The second kappa shape index (κ2) is 8.25. The molecule has 0 atom stereocenters. The Morgan fingerprint density at radius 1 is 1.32 bits per heavy atom. The predicted octanol–water partition coefficient (Wildman–Crippen LogP) is 3.92. The van der Waals surface area contributed by atoms with Gasteiger partial charge in [-0.15, -0.1) is 0 Å². The van der Waals surface area contributed by atoms with Gasteiger partial charge >= 0.3 is 0 Å². The van der Waals surface area contributed by atoms with Gasteiger partial charge in [0.25, 0.3) is 0 Å². The molecule has 0 radical (unpaired) electrons. The number of nitrogens with one attached hydrogen (secondary N) is 2. The summed E-state index contributed by atoms with van der Waals surface area (Å²) in [6.07, 6.45) is 8.15. The molecule has 3 rings (SSSR count). The normalized spacial score (nSPS) is 14.2. The quantitative estimate of drug-likeness (QED) is 0.609. The zero-order chi connectivity index (χ0) is 17.6. The molecule has 0 aliphatic heterocycles. The molecule has 6 heteroatoms. The second-order valence-electron chi connectivity index (χ2n) is 6.51. The highest BCUT2D eigenvalue weighted by molar-refractivity contribution is 7.71. The number of carbonyl (C=O) groups excluding carboxylic acids is 1. The number of hydrogen-bond acceptors (Lipinski definition) is 3. The van der Waals surface area contributed by atoms with Crippen molar-refractivity contribution in [2.24, 2.45) is 0 Å². The number of H-pyrrole nitrogens is 1. The number of aryl methyl sites for hydroxylation is 1. The molecule has 0 saturated carbocycles. The molecular formula is C19H24N4OS. The molecule has 1 amide bonds. The van der Waals surface area contributed by atoms with Crippen LogP contribution in [0.15, 0.2) is 35.9 Å². The predicted molar refractivity (Wildman–Crippen MR) is 102 cm³/mol. The average Bonchev–Trinajstić information content (AvgIpc) is 2.97. The minimum absolute atomic E-state index is 0.0396. The molecular weight excluding hydrogens is 332 g/mol. The average molecular weight is 356 g/mol. The van der Waals surface area contributed by atoms with E-state index in [1.165, 1.54) is 36.8 Å². The molecule has 1 aliphatic rings. The number of nitrogens with zero attached hydrogens (tertiary/aromatic N) is 2. The number of carbonyl (C=O) groups is 1. The van der Waals surface area contributed by atoms with Gasteiger partial charge < -0.3 is 5.32 Å². The SMILES string of the molecule is Cc1ccc(-c2n[nH]c(=S)n2CC(=O)NCCC2=CCCCC2)cc1. The highest BCUT2D eigenvalue weighted by Gasteiger charge is 2.12. The fraction of sp³-hybridized carbons (Fsp3) is 0.421. The van der Waals surface area contributed by atoms with Gasteiger partial charge in [0.15, 0.2) is 10.6 Å². The van der Waals surface area contributed by atoms with Crippen molar-refractivity contribution in [1.29, 1.82) is 0 Å². The summed E-state index contributed by atoms with van der Waals surface area (Å²) in [4.78, 5) is 12.3. The number of rotatable bonds is 6. The summed E-state index contributed by atoms with van der Waals surface area (Å²) in [5.74, 6) is 0.650. The Morgan fingerprint density at radius 3 is 2.84 bits per heavy atom. The molecule has 132 valence electrons. The van der Waals surface area contributed by atoms with E-state index in [1.807, 2.05) is 31.2 Å². The van der Waals surface area contributed by atoms with Crippen molar-refractivity contribution in [3.8, 4) is 11.4 Å². The van der Waals surface area contributed by atoms with Gasteiger partial charge in [-0.05, 0) is 51.2 Å². The van der Waals surface area contributed by atoms with Crippen LogP contribution < -0.4 is 5.32 Å². The summed E-state index contributed by atoms with van der Waals surface area (Å²) in [5.41, 5.74) is 3.59. The Morgan fingerprint density at radius 2 is 2.12 bits per heavy atom. The van der Waals surface area contributed by atoms with Crippen LogP contribution in [0.4, 0.5) is 0 Å². The van der Waals surface area contributed by atoms with Crippen LogP contribution in [0.1, 0.15) is 37.7 Å². The van der Waals surface area contributed by atoms with Crippen LogP contribution in [0.5, 0.6) is 0 Å². The summed E-state index contributed by atoms with van der Waals surface area (Å²) in [6, 6.07) is 8.03. The first-order valence-corrected chi connectivity index (χ1v) is 9.21. The number of aromatic amines is 1. The van der Waals surface area contributed by atoms with Gasteiger partial charge in [-0.1, -0.05) is 41.5 Å². The van der Waals surface area contributed by atoms with Crippen molar-refractivity contribution < 1.29 is 4.79 Å². The maximum atomic E-state index is 12.3. The lowest BCUT2D eigenvalue weighted by Crippen LogP contribution is -2.29. The fourth-order valence-corrected chi connectivity index (χ4v) is 3.28.